The third-order valence-electron chi connectivity index (χ3n) is 8.52. The Labute approximate surface area is 263 Å². The van der Waals surface area contributed by atoms with Gasteiger partial charge in [0.05, 0.1) is 22.1 Å². The van der Waals surface area contributed by atoms with Crippen molar-refractivity contribution in [1.29, 1.82) is 0 Å². The minimum atomic E-state index is 0.148. The van der Waals surface area contributed by atoms with Gasteiger partial charge in [-0.2, -0.15) is 15.0 Å². The van der Waals surface area contributed by atoms with Gasteiger partial charge in [-0.15, -0.1) is 0 Å². The summed E-state index contributed by atoms with van der Waals surface area (Å²) in [5.41, 5.74) is 8.57. The molecule has 0 spiro atoms. The molecule has 0 radical (unpaired) electrons. The van der Waals surface area contributed by atoms with Crippen LogP contribution in [0, 0.1) is 0 Å². The van der Waals surface area contributed by atoms with Gasteiger partial charge in [-0.3, -0.25) is 4.57 Å². The number of halogens is 1. The third kappa shape index (κ3) is 4.05. The Kier molecular flexibility index (Phi) is 5.80. The highest BCUT2D eigenvalue weighted by molar-refractivity contribution is 6.28. The predicted molar refractivity (Wildman–Crippen MR) is 184 cm³/mol. The Bertz CT molecular complexity index is 2510. The second kappa shape index (κ2) is 10.2. The number of fused-ring (bicyclic) bond motifs is 6. The third-order valence-corrected chi connectivity index (χ3v) is 8.69. The van der Waals surface area contributed by atoms with Crippen molar-refractivity contribution >= 4 is 55.2 Å². The predicted octanol–water partition coefficient (Wildman–Crippen LogP) is 10.1. The Morgan fingerprint density at radius 1 is 0.444 bits per heavy atom. The molecule has 3 heterocycles. The van der Waals surface area contributed by atoms with Gasteiger partial charge in [0, 0.05) is 32.8 Å². The maximum Gasteiger partial charge on any atom is 0.239 e. The van der Waals surface area contributed by atoms with E-state index < -0.39 is 0 Å². The maximum absolute atomic E-state index is 6.60. The monoisotopic (exact) mass is 597 g/mol. The quantitative estimate of drug-likeness (QED) is 0.203. The summed E-state index contributed by atoms with van der Waals surface area (Å²) in [5.74, 6) is 1.01. The van der Waals surface area contributed by atoms with Crippen molar-refractivity contribution in [2.75, 3.05) is 0 Å². The molecule has 3 aromatic heterocycles. The largest absolute Gasteiger partial charge is 0.309 e. The number of hydrogen-bond donors (Lipinski definition) is 0. The van der Waals surface area contributed by atoms with Crippen molar-refractivity contribution in [2.45, 2.75) is 0 Å². The van der Waals surface area contributed by atoms with Gasteiger partial charge in [0.1, 0.15) is 0 Å². The molecule has 0 unspecified atom stereocenters. The zero-order chi connectivity index (χ0) is 29.9. The summed E-state index contributed by atoms with van der Waals surface area (Å²) in [6.07, 6.45) is 0. The van der Waals surface area contributed by atoms with Gasteiger partial charge in [-0.1, -0.05) is 103 Å². The Morgan fingerprint density at radius 2 is 1.02 bits per heavy atom. The highest BCUT2D eigenvalue weighted by Gasteiger charge is 2.18. The molecule has 212 valence electrons. The van der Waals surface area contributed by atoms with Gasteiger partial charge in [-0.25, -0.2) is 0 Å². The van der Waals surface area contributed by atoms with Crippen LogP contribution in [0.5, 0.6) is 0 Å². The van der Waals surface area contributed by atoms with Gasteiger partial charge in [0.2, 0.25) is 11.2 Å². The molecule has 0 bridgehead atoms. The summed E-state index contributed by atoms with van der Waals surface area (Å²) < 4.78 is 4.40. The molecule has 9 rings (SSSR count). The SMILES string of the molecule is Clc1nc(-c2cccc(-c3cccc4c3c3ccccc3n4-c3ccccc3)c2)nc(-n2c3ccccc3c3ccccc32)n1. The first kappa shape index (κ1) is 25.7. The molecule has 6 heteroatoms. The molecule has 45 heavy (non-hydrogen) atoms. The van der Waals surface area contributed by atoms with Crippen LogP contribution in [0.15, 0.2) is 146 Å². The van der Waals surface area contributed by atoms with Crippen molar-refractivity contribution in [2.24, 2.45) is 0 Å². The Balaban J connectivity index is 1.23. The van der Waals surface area contributed by atoms with Gasteiger partial charge < -0.3 is 4.57 Å². The smallest absolute Gasteiger partial charge is 0.239 e. The molecule has 5 nitrogen and oxygen atoms in total. The highest BCUT2D eigenvalue weighted by Crippen LogP contribution is 2.39. The fraction of sp³-hybridized carbons (Fsp3) is 0. The van der Waals surface area contributed by atoms with E-state index in [1.54, 1.807) is 0 Å². The minimum absolute atomic E-state index is 0.148. The number of hydrogen-bond acceptors (Lipinski definition) is 3. The molecule has 9 aromatic rings. The molecule has 0 atom stereocenters. The van der Waals surface area contributed by atoms with Crippen LogP contribution in [-0.4, -0.2) is 24.1 Å². The van der Waals surface area contributed by atoms with E-state index in [1.165, 1.54) is 16.3 Å². The van der Waals surface area contributed by atoms with Crippen molar-refractivity contribution in [3.05, 3.63) is 151 Å². The summed E-state index contributed by atoms with van der Waals surface area (Å²) >= 11 is 6.60. The minimum Gasteiger partial charge on any atom is -0.309 e. The number of aromatic nitrogens is 5. The molecule has 0 fully saturated rings. The lowest BCUT2D eigenvalue weighted by Crippen LogP contribution is -2.04. The second-order valence-electron chi connectivity index (χ2n) is 11.1. The fourth-order valence-electron chi connectivity index (χ4n) is 6.65. The van der Waals surface area contributed by atoms with Gasteiger partial charge in [-0.05, 0) is 65.2 Å². The maximum atomic E-state index is 6.60. The van der Waals surface area contributed by atoms with E-state index in [4.69, 9.17) is 16.6 Å². The molecular formula is C39H24ClN5. The topological polar surface area (TPSA) is 48.5 Å². The normalized spacial score (nSPS) is 11.7. The van der Waals surface area contributed by atoms with E-state index in [2.05, 4.69) is 134 Å². The first-order valence-corrected chi connectivity index (χ1v) is 15.2. The van der Waals surface area contributed by atoms with E-state index in [9.17, 15) is 0 Å². The van der Waals surface area contributed by atoms with Crippen LogP contribution >= 0.6 is 11.6 Å². The van der Waals surface area contributed by atoms with Crippen molar-refractivity contribution in [1.82, 2.24) is 24.1 Å². The lowest BCUT2D eigenvalue weighted by molar-refractivity contribution is 0.947. The zero-order valence-corrected chi connectivity index (χ0v) is 24.7. The zero-order valence-electron chi connectivity index (χ0n) is 24.0. The van der Waals surface area contributed by atoms with E-state index in [-0.39, 0.29) is 5.28 Å². The lowest BCUT2D eigenvalue weighted by Gasteiger charge is -2.11. The Hall–Kier alpha value is -5.78. The molecule has 0 saturated heterocycles. The molecule has 0 aliphatic rings. The number of nitrogens with zero attached hydrogens (tertiary/aromatic N) is 5. The summed E-state index contributed by atoms with van der Waals surface area (Å²) in [6.45, 7) is 0. The molecule has 0 aliphatic carbocycles. The summed E-state index contributed by atoms with van der Waals surface area (Å²) in [7, 11) is 0. The number of para-hydroxylation sites is 4. The first-order chi connectivity index (χ1) is 22.2. The van der Waals surface area contributed by atoms with Crippen molar-refractivity contribution in [3.8, 4) is 34.2 Å². The number of benzene rings is 6. The van der Waals surface area contributed by atoms with E-state index in [0.717, 1.165) is 49.7 Å². The summed E-state index contributed by atoms with van der Waals surface area (Å²) in [4.78, 5) is 14.2. The standard InChI is InChI=1S/C39H24ClN5/c40-38-41-37(42-39(43-38)45-32-20-7-4-16-29(32)30-17-5-8-21-33(30)45)26-13-10-12-25(24-26)28-19-11-23-35-36(28)31-18-6-9-22-34(31)44(35)27-14-2-1-3-15-27/h1-24H. The van der Waals surface area contributed by atoms with Crippen molar-refractivity contribution in [3.63, 3.8) is 0 Å². The van der Waals surface area contributed by atoms with E-state index >= 15 is 0 Å². The second-order valence-corrected chi connectivity index (χ2v) is 11.4. The van der Waals surface area contributed by atoms with Crippen LogP contribution in [0.25, 0.3) is 77.8 Å². The van der Waals surface area contributed by atoms with Crippen LogP contribution in [0.1, 0.15) is 0 Å². The summed E-state index contributed by atoms with van der Waals surface area (Å²) in [6, 6.07) is 50.5. The lowest BCUT2D eigenvalue weighted by atomic mass is 9.98. The number of rotatable bonds is 4. The van der Waals surface area contributed by atoms with Gasteiger partial charge in [0.25, 0.3) is 0 Å². The van der Waals surface area contributed by atoms with Crippen LogP contribution in [-0.2, 0) is 0 Å². The summed E-state index contributed by atoms with van der Waals surface area (Å²) in [5, 5.41) is 4.82. The molecule has 0 aliphatic heterocycles. The average Bonchev–Trinajstić information content (AvgIpc) is 3.62. The van der Waals surface area contributed by atoms with Crippen LogP contribution in [0.3, 0.4) is 0 Å². The van der Waals surface area contributed by atoms with Gasteiger partial charge >= 0.3 is 0 Å². The molecule has 0 N–H and O–H groups in total. The first-order valence-electron chi connectivity index (χ1n) is 14.8. The van der Waals surface area contributed by atoms with Crippen LogP contribution < -0.4 is 0 Å². The fourth-order valence-corrected chi connectivity index (χ4v) is 6.80. The van der Waals surface area contributed by atoms with E-state index in [1.807, 2.05) is 30.3 Å². The highest BCUT2D eigenvalue weighted by atomic mass is 35.5. The van der Waals surface area contributed by atoms with Crippen LogP contribution in [0.4, 0.5) is 0 Å². The van der Waals surface area contributed by atoms with Crippen molar-refractivity contribution < 1.29 is 0 Å². The van der Waals surface area contributed by atoms with Crippen LogP contribution in [0.2, 0.25) is 5.28 Å². The molecular weight excluding hydrogens is 574 g/mol. The average molecular weight is 598 g/mol. The molecule has 0 saturated carbocycles. The molecule has 0 amide bonds. The molecule has 6 aromatic carbocycles. The van der Waals surface area contributed by atoms with E-state index in [0.29, 0.717) is 11.8 Å². The van der Waals surface area contributed by atoms with Gasteiger partial charge in [0.15, 0.2) is 5.82 Å². The Morgan fingerprint density at radius 3 is 1.76 bits per heavy atom.